The Labute approximate surface area is 140 Å². The first-order chi connectivity index (χ1) is 11.0. The maximum absolute atomic E-state index is 13.7. The van der Waals surface area contributed by atoms with Gasteiger partial charge in [-0.25, -0.2) is 4.39 Å². The maximum Gasteiger partial charge on any atom is 0.238 e. The van der Waals surface area contributed by atoms with Crippen molar-refractivity contribution in [3.8, 4) is 0 Å². The highest BCUT2D eigenvalue weighted by Gasteiger charge is 2.16. The van der Waals surface area contributed by atoms with E-state index < -0.39 is 5.82 Å². The highest BCUT2D eigenvalue weighted by molar-refractivity contribution is 6.30. The minimum absolute atomic E-state index is 0.0528. The zero-order valence-corrected chi connectivity index (χ0v) is 13.9. The number of nitrogens with one attached hydrogen (secondary N) is 2. The summed E-state index contributed by atoms with van der Waals surface area (Å²) in [5.41, 5.74) is 1.25. The van der Waals surface area contributed by atoms with Gasteiger partial charge in [0, 0.05) is 11.1 Å². The quantitative estimate of drug-likeness (QED) is 0.821. The summed E-state index contributed by atoms with van der Waals surface area (Å²) in [6, 6.07) is 14.1. The Bertz CT molecular complexity index is 661. The number of anilines is 1. The van der Waals surface area contributed by atoms with Crippen molar-refractivity contribution in [2.45, 2.75) is 19.9 Å². The summed E-state index contributed by atoms with van der Waals surface area (Å²) in [6.45, 7) is 4.27. The van der Waals surface area contributed by atoms with Crippen LogP contribution in [-0.2, 0) is 4.79 Å². The van der Waals surface area contributed by atoms with E-state index in [1.165, 1.54) is 18.2 Å². The van der Waals surface area contributed by atoms with Crippen molar-refractivity contribution in [3.05, 3.63) is 64.9 Å². The molecule has 0 bridgehead atoms. The molecule has 1 amide bonds. The first-order valence-corrected chi connectivity index (χ1v) is 7.88. The standard InChI is InChI=1S/C18H20ClFN2O/c1-12(2)18(13-6-4-3-5-7-13)21-11-17(23)22-16-9-8-14(19)10-15(16)20/h3-10,12,18,21H,11H2,1-2H3,(H,22,23)/t18-/m0/s1. The molecule has 0 unspecified atom stereocenters. The van der Waals surface area contributed by atoms with Crippen molar-refractivity contribution in [1.82, 2.24) is 5.32 Å². The molecule has 23 heavy (non-hydrogen) atoms. The van der Waals surface area contributed by atoms with Gasteiger partial charge in [-0.15, -0.1) is 0 Å². The molecular weight excluding hydrogens is 315 g/mol. The van der Waals surface area contributed by atoms with Gasteiger partial charge in [-0.1, -0.05) is 55.8 Å². The fraction of sp³-hybridized carbons (Fsp3) is 0.278. The molecule has 0 saturated heterocycles. The molecule has 2 rings (SSSR count). The Morgan fingerprint density at radius 1 is 1.17 bits per heavy atom. The number of rotatable bonds is 6. The van der Waals surface area contributed by atoms with Crippen LogP contribution in [0.1, 0.15) is 25.5 Å². The summed E-state index contributed by atoms with van der Waals surface area (Å²) in [7, 11) is 0. The van der Waals surface area contributed by atoms with E-state index in [2.05, 4.69) is 24.5 Å². The zero-order chi connectivity index (χ0) is 16.8. The van der Waals surface area contributed by atoms with Crippen LogP contribution in [0.15, 0.2) is 48.5 Å². The number of hydrogen-bond donors (Lipinski definition) is 2. The normalized spacial score (nSPS) is 12.2. The minimum atomic E-state index is -0.547. The average molecular weight is 335 g/mol. The molecule has 0 aliphatic heterocycles. The van der Waals surface area contributed by atoms with Crippen molar-refractivity contribution in [2.75, 3.05) is 11.9 Å². The van der Waals surface area contributed by atoms with Gasteiger partial charge in [-0.3, -0.25) is 4.79 Å². The molecule has 0 saturated carbocycles. The van der Waals surface area contributed by atoms with Gasteiger partial charge in [0.1, 0.15) is 5.82 Å². The van der Waals surface area contributed by atoms with Crippen LogP contribution >= 0.6 is 11.6 Å². The van der Waals surface area contributed by atoms with Crippen molar-refractivity contribution in [3.63, 3.8) is 0 Å². The molecule has 3 nitrogen and oxygen atoms in total. The topological polar surface area (TPSA) is 41.1 Å². The van der Waals surface area contributed by atoms with Gasteiger partial charge in [0.15, 0.2) is 0 Å². The van der Waals surface area contributed by atoms with Crippen LogP contribution in [0.3, 0.4) is 0 Å². The van der Waals surface area contributed by atoms with Crippen molar-refractivity contribution in [1.29, 1.82) is 0 Å². The van der Waals surface area contributed by atoms with Gasteiger partial charge in [0.25, 0.3) is 0 Å². The molecular formula is C18H20ClFN2O. The van der Waals surface area contributed by atoms with Gasteiger partial charge in [0.05, 0.1) is 12.2 Å². The summed E-state index contributed by atoms with van der Waals surface area (Å²) in [6.07, 6.45) is 0. The molecule has 2 N–H and O–H groups in total. The third-order valence-electron chi connectivity index (χ3n) is 3.51. The lowest BCUT2D eigenvalue weighted by Crippen LogP contribution is -2.33. The molecule has 122 valence electrons. The van der Waals surface area contributed by atoms with E-state index in [4.69, 9.17) is 11.6 Å². The molecule has 0 fully saturated rings. The number of hydrogen-bond acceptors (Lipinski definition) is 2. The van der Waals surface area contributed by atoms with E-state index >= 15 is 0 Å². The fourth-order valence-corrected chi connectivity index (χ4v) is 2.55. The monoisotopic (exact) mass is 334 g/mol. The van der Waals surface area contributed by atoms with Gasteiger partial charge < -0.3 is 10.6 Å². The predicted octanol–water partition coefficient (Wildman–Crippen LogP) is 4.40. The Morgan fingerprint density at radius 2 is 1.87 bits per heavy atom. The highest BCUT2D eigenvalue weighted by atomic mass is 35.5. The second kappa shape index (κ2) is 8.09. The Morgan fingerprint density at radius 3 is 2.48 bits per heavy atom. The predicted molar refractivity (Wildman–Crippen MR) is 92.1 cm³/mol. The third kappa shape index (κ3) is 5.05. The first kappa shape index (κ1) is 17.4. The second-order valence-electron chi connectivity index (χ2n) is 5.69. The summed E-state index contributed by atoms with van der Waals surface area (Å²) in [5.74, 6) is -0.528. The lowest BCUT2D eigenvalue weighted by Gasteiger charge is -2.22. The number of amides is 1. The van der Waals surface area contributed by atoms with Crippen molar-refractivity contribution in [2.24, 2.45) is 5.92 Å². The Balaban J connectivity index is 1.97. The number of carbonyl (C=O) groups excluding carboxylic acids is 1. The molecule has 2 aromatic carbocycles. The second-order valence-corrected chi connectivity index (χ2v) is 6.12. The van der Waals surface area contributed by atoms with Crippen molar-refractivity contribution < 1.29 is 9.18 Å². The highest BCUT2D eigenvalue weighted by Crippen LogP contribution is 2.21. The largest absolute Gasteiger partial charge is 0.322 e. The summed E-state index contributed by atoms with van der Waals surface area (Å²) in [5, 5.41) is 6.07. The van der Waals surface area contributed by atoms with Crippen LogP contribution in [0.4, 0.5) is 10.1 Å². The SMILES string of the molecule is CC(C)[C@H](NCC(=O)Nc1ccc(Cl)cc1F)c1ccccc1. The summed E-state index contributed by atoms with van der Waals surface area (Å²) in [4.78, 5) is 12.0. The van der Waals surface area contributed by atoms with E-state index in [0.29, 0.717) is 10.9 Å². The van der Waals surface area contributed by atoms with Gasteiger partial charge >= 0.3 is 0 Å². The van der Waals surface area contributed by atoms with E-state index in [1.807, 2.05) is 30.3 Å². The van der Waals surface area contributed by atoms with Gasteiger partial charge in [0.2, 0.25) is 5.91 Å². The van der Waals surface area contributed by atoms with Crippen LogP contribution in [0.2, 0.25) is 5.02 Å². The summed E-state index contributed by atoms with van der Waals surface area (Å²) < 4.78 is 13.7. The van der Waals surface area contributed by atoms with Crippen LogP contribution in [-0.4, -0.2) is 12.5 Å². The average Bonchev–Trinajstić information content (AvgIpc) is 2.51. The van der Waals surface area contributed by atoms with E-state index in [9.17, 15) is 9.18 Å². The molecule has 1 atom stereocenters. The first-order valence-electron chi connectivity index (χ1n) is 7.50. The van der Waals surface area contributed by atoms with E-state index in [1.54, 1.807) is 0 Å². The molecule has 0 spiro atoms. The lowest BCUT2D eigenvalue weighted by atomic mass is 9.96. The van der Waals surface area contributed by atoms with Crippen LogP contribution in [0.25, 0.3) is 0 Å². The molecule has 0 aliphatic rings. The van der Waals surface area contributed by atoms with Crippen LogP contribution in [0.5, 0.6) is 0 Å². The third-order valence-corrected chi connectivity index (χ3v) is 3.75. The molecule has 2 aromatic rings. The van der Waals surface area contributed by atoms with Gasteiger partial charge in [-0.05, 0) is 29.7 Å². The Kier molecular flexibility index (Phi) is 6.13. The molecule has 5 heteroatoms. The zero-order valence-electron chi connectivity index (χ0n) is 13.1. The molecule has 0 aliphatic carbocycles. The lowest BCUT2D eigenvalue weighted by molar-refractivity contribution is -0.115. The van der Waals surface area contributed by atoms with Crippen LogP contribution in [0, 0.1) is 11.7 Å². The fourth-order valence-electron chi connectivity index (χ4n) is 2.39. The minimum Gasteiger partial charge on any atom is -0.322 e. The summed E-state index contributed by atoms with van der Waals surface area (Å²) >= 11 is 5.69. The molecule has 0 aromatic heterocycles. The molecule has 0 radical (unpaired) electrons. The Hall–Kier alpha value is -1.91. The smallest absolute Gasteiger partial charge is 0.238 e. The van der Waals surface area contributed by atoms with Crippen molar-refractivity contribution >= 4 is 23.2 Å². The molecule has 0 heterocycles. The van der Waals surface area contributed by atoms with E-state index in [0.717, 1.165) is 5.56 Å². The van der Waals surface area contributed by atoms with Gasteiger partial charge in [-0.2, -0.15) is 0 Å². The maximum atomic E-state index is 13.7. The van der Waals surface area contributed by atoms with Crippen LogP contribution < -0.4 is 10.6 Å². The number of benzene rings is 2. The number of carbonyl (C=O) groups is 1. The number of halogens is 2. The van der Waals surface area contributed by atoms with E-state index in [-0.39, 0.29) is 24.2 Å².